The van der Waals surface area contributed by atoms with Crippen molar-refractivity contribution in [3.8, 4) is 0 Å². The maximum Gasteiger partial charge on any atom is 0.0632 e. The summed E-state index contributed by atoms with van der Waals surface area (Å²) in [6.07, 6.45) is 0. The van der Waals surface area contributed by atoms with E-state index in [-0.39, 0.29) is 6.61 Å². The molecule has 0 aliphatic heterocycles. The molecule has 0 aliphatic rings. The van der Waals surface area contributed by atoms with Crippen LogP contribution in [0, 0.1) is 6.92 Å². The van der Waals surface area contributed by atoms with Gasteiger partial charge in [-0.15, -0.1) is 0 Å². The fraction of sp³-hybridized carbons (Fsp3) is 0.500. The van der Waals surface area contributed by atoms with E-state index in [1.807, 2.05) is 25.1 Å². The van der Waals surface area contributed by atoms with Crippen LogP contribution in [0.2, 0.25) is 0 Å². The van der Waals surface area contributed by atoms with E-state index in [2.05, 4.69) is 18.7 Å². The van der Waals surface area contributed by atoms with Gasteiger partial charge in [-0.25, -0.2) is 0 Å². The number of aliphatic hydroxyl groups is 1. The van der Waals surface area contributed by atoms with Crippen LogP contribution < -0.4 is 10.6 Å². The lowest BCUT2D eigenvalue weighted by Crippen LogP contribution is -2.34. The summed E-state index contributed by atoms with van der Waals surface area (Å²) in [7, 11) is 0. The van der Waals surface area contributed by atoms with Gasteiger partial charge in [0.05, 0.1) is 18.0 Å². The monoisotopic (exact) mass is 208 g/mol. The second kappa shape index (κ2) is 5.03. The Kier molecular flexibility index (Phi) is 3.97. The van der Waals surface area contributed by atoms with Gasteiger partial charge in [-0.05, 0) is 32.4 Å². The molecule has 0 unspecified atom stereocenters. The fourth-order valence-electron chi connectivity index (χ4n) is 1.81. The van der Waals surface area contributed by atoms with Crippen molar-refractivity contribution in [1.29, 1.82) is 0 Å². The van der Waals surface area contributed by atoms with Gasteiger partial charge in [-0.3, -0.25) is 0 Å². The lowest BCUT2D eigenvalue weighted by molar-refractivity contribution is 0.299. The molecular formula is C12H20N2O. The molecule has 1 aromatic rings. The van der Waals surface area contributed by atoms with Crippen molar-refractivity contribution < 1.29 is 5.11 Å². The molecule has 0 fully saturated rings. The molecule has 3 N–H and O–H groups in total. The summed E-state index contributed by atoms with van der Waals surface area (Å²) >= 11 is 0. The molecule has 3 heteroatoms. The van der Waals surface area contributed by atoms with Gasteiger partial charge >= 0.3 is 0 Å². The highest BCUT2D eigenvalue weighted by atomic mass is 16.3. The quantitative estimate of drug-likeness (QED) is 0.742. The molecule has 0 aliphatic carbocycles. The third-order valence-corrected chi connectivity index (χ3v) is 2.52. The van der Waals surface area contributed by atoms with E-state index in [4.69, 9.17) is 10.8 Å². The number of nitrogens with zero attached hydrogens (tertiary/aromatic N) is 1. The standard InChI is InChI=1S/C12H20N2O/c1-9(2)14(7-8-15)12-10(3)5-4-6-11(12)13/h4-6,9,15H,7-8,13H2,1-3H3. The number of aryl methyl sites for hydroxylation is 1. The van der Waals surface area contributed by atoms with Gasteiger partial charge in [0, 0.05) is 12.6 Å². The average Bonchev–Trinajstić information content (AvgIpc) is 2.15. The first kappa shape index (κ1) is 11.9. The van der Waals surface area contributed by atoms with Crippen molar-refractivity contribution in [2.75, 3.05) is 23.8 Å². The van der Waals surface area contributed by atoms with Gasteiger partial charge in [-0.1, -0.05) is 12.1 Å². The van der Waals surface area contributed by atoms with E-state index >= 15 is 0 Å². The summed E-state index contributed by atoms with van der Waals surface area (Å²) < 4.78 is 0. The van der Waals surface area contributed by atoms with Crippen molar-refractivity contribution >= 4 is 11.4 Å². The first-order chi connectivity index (χ1) is 7.07. The molecule has 0 aromatic heterocycles. The van der Waals surface area contributed by atoms with Crippen LogP contribution in [-0.2, 0) is 0 Å². The second-order valence-electron chi connectivity index (χ2n) is 4.02. The summed E-state index contributed by atoms with van der Waals surface area (Å²) in [4.78, 5) is 2.13. The molecule has 0 bridgehead atoms. The normalized spacial score (nSPS) is 10.7. The highest BCUT2D eigenvalue weighted by Gasteiger charge is 2.14. The van der Waals surface area contributed by atoms with Crippen LogP contribution >= 0.6 is 0 Å². The van der Waals surface area contributed by atoms with Crippen molar-refractivity contribution in [3.05, 3.63) is 23.8 Å². The molecule has 1 aromatic carbocycles. The van der Waals surface area contributed by atoms with E-state index in [1.54, 1.807) is 0 Å². The number of para-hydroxylation sites is 1. The molecule has 84 valence electrons. The zero-order valence-corrected chi connectivity index (χ0v) is 9.70. The number of nitrogen functional groups attached to an aromatic ring is 1. The van der Waals surface area contributed by atoms with Crippen LogP contribution in [0.15, 0.2) is 18.2 Å². The zero-order chi connectivity index (χ0) is 11.4. The second-order valence-corrected chi connectivity index (χ2v) is 4.02. The van der Waals surface area contributed by atoms with Crippen molar-refractivity contribution in [2.24, 2.45) is 0 Å². The SMILES string of the molecule is Cc1cccc(N)c1N(CCO)C(C)C. The van der Waals surface area contributed by atoms with Crippen LogP contribution in [0.25, 0.3) is 0 Å². The van der Waals surface area contributed by atoms with Gasteiger partial charge in [0.25, 0.3) is 0 Å². The molecule has 0 heterocycles. The molecule has 15 heavy (non-hydrogen) atoms. The summed E-state index contributed by atoms with van der Waals surface area (Å²) in [5.74, 6) is 0. The number of hydrogen-bond donors (Lipinski definition) is 2. The van der Waals surface area contributed by atoms with Crippen molar-refractivity contribution in [2.45, 2.75) is 26.8 Å². The van der Waals surface area contributed by atoms with E-state index in [1.165, 1.54) is 0 Å². The Morgan fingerprint density at radius 1 is 1.40 bits per heavy atom. The predicted molar refractivity (Wildman–Crippen MR) is 65.2 cm³/mol. The first-order valence-electron chi connectivity index (χ1n) is 5.30. The topological polar surface area (TPSA) is 49.5 Å². The zero-order valence-electron chi connectivity index (χ0n) is 9.70. The van der Waals surface area contributed by atoms with Crippen LogP contribution in [0.5, 0.6) is 0 Å². The van der Waals surface area contributed by atoms with Gasteiger partial charge in [-0.2, -0.15) is 0 Å². The van der Waals surface area contributed by atoms with E-state index in [0.717, 1.165) is 16.9 Å². The van der Waals surface area contributed by atoms with Crippen LogP contribution in [0.4, 0.5) is 11.4 Å². The van der Waals surface area contributed by atoms with Crippen molar-refractivity contribution in [1.82, 2.24) is 0 Å². The number of rotatable bonds is 4. The number of anilines is 2. The minimum absolute atomic E-state index is 0.145. The molecule has 1 rings (SSSR count). The minimum Gasteiger partial charge on any atom is -0.397 e. The molecule has 0 saturated carbocycles. The molecule has 0 atom stereocenters. The highest BCUT2D eigenvalue weighted by Crippen LogP contribution is 2.28. The van der Waals surface area contributed by atoms with Gasteiger partial charge < -0.3 is 15.7 Å². The third-order valence-electron chi connectivity index (χ3n) is 2.52. The van der Waals surface area contributed by atoms with E-state index in [9.17, 15) is 0 Å². The lowest BCUT2D eigenvalue weighted by atomic mass is 10.1. The maximum absolute atomic E-state index is 9.05. The summed E-state index contributed by atoms with van der Waals surface area (Å²) in [6, 6.07) is 6.22. The Balaban J connectivity index is 3.10. The molecular weight excluding hydrogens is 188 g/mol. The Morgan fingerprint density at radius 3 is 2.53 bits per heavy atom. The van der Waals surface area contributed by atoms with E-state index in [0.29, 0.717) is 12.6 Å². The number of aliphatic hydroxyl groups excluding tert-OH is 1. The fourth-order valence-corrected chi connectivity index (χ4v) is 1.81. The smallest absolute Gasteiger partial charge is 0.0632 e. The van der Waals surface area contributed by atoms with Gasteiger partial charge in [0.1, 0.15) is 0 Å². The first-order valence-corrected chi connectivity index (χ1v) is 5.30. The Bertz CT molecular complexity index is 303. The lowest BCUT2D eigenvalue weighted by Gasteiger charge is -2.30. The average molecular weight is 208 g/mol. The molecule has 3 nitrogen and oxygen atoms in total. The number of hydrogen-bond acceptors (Lipinski definition) is 3. The summed E-state index contributed by atoms with van der Waals surface area (Å²) in [5, 5.41) is 9.05. The Labute approximate surface area is 91.5 Å². The Morgan fingerprint density at radius 2 is 2.07 bits per heavy atom. The molecule has 0 radical (unpaired) electrons. The van der Waals surface area contributed by atoms with Crippen molar-refractivity contribution in [3.63, 3.8) is 0 Å². The summed E-state index contributed by atoms with van der Waals surface area (Å²) in [5.41, 5.74) is 8.94. The van der Waals surface area contributed by atoms with Crippen LogP contribution in [0.3, 0.4) is 0 Å². The van der Waals surface area contributed by atoms with Crippen LogP contribution in [-0.4, -0.2) is 24.3 Å². The highest BCUT2D eigenvalue weighted by molar-refractivity contribution is 5.71. The molecule has 0 saturated heterocycles. The third kappa shape index (κ3) is 2.63. The van der Waals surface area contributed by atoms with E-state index < -0.39 is 0 Å². The Hall–Kier alpha value is -1.22. The predicted octanol–water partition coefficient (Wildman–Crippen LogP) is 1.78. The van der Waals surface area contributed by atoms with Gasteiger partial charge in [0.2, 0.25) is 0 Å². The number of nitrogens with two attached hydrogens (primary N) is 1. The summed E-state index contributed by atoms with van der Waals surface area (Å²) in [6.45, 7) is 7.00. The maximum atomic E-state index is 9.05. The molecule has 0 amide bonds. The molecule has 0 spiro atoms. The van der Waals surface area contributed by atoms with Gasteiger partial charge in [0.15, 0.2) is 0 Å². The number of benzene rings is 1. The minimum atomic E-state index is 0.145. The van der Waals surface area contributed by atoms with Crippen LogP contribution in [0.1, 0.15) is 19.4 Å². The largest absolute Gasteiger partial charge is 0.397 e.